The van der Waals surface area contributed by atoms with Crippen LogP contribution < -0.4 is 5.73 Å². The molecule has 2 fully saturated rings. The van der Waals surface area contributed by atoms with Gasteiger partial charge in [-0.2, -0.15) is 0 Å². The Hall–Kier alpha value is -0.570. The molecule has 0 saturated heterocycles. The Morgan fingerprint density at radius 3 is 2.50 bits per heavy atom. The largest absolute Gasteiger partial charge is 0.345 e. The highest BCUT2D eigenvalue weighted by atomic mass is 16.2. The lowest BCUT2D eigenvalue weighted by Crippen LogP contribution is -2.40. The Balaban J connectivity index is 1.79. The second kappa shape index (κ2) is 6.55. The Morgan fingerprint density at radius 2 is 1.83 bits per heavy atom. The number of carbonyl (C=O) groups is 1. The molecule has 3 heteroatoms. The molecule has 0 bridgehead atoms. The molecule has 1 amide bonds. The summed E-state index contributed by atoms with van der Waals surface area (Å²) in [6.45, 7) is 0.963. The van der Waals surface area contributed by atoms with Crippen molar-refractivity contribution in [1.29, 1.82) is 0 Å². The van der Waals surface area contributed by atoms with E-state index in [9.17, 15) is 4.79 Å². The minimum absolute atomic E-state index is 0.197. The van der Waals surface area contributed by atoms with Gasteiger partial charge in [0.05, 0.1) is 0 Å². The molecule has 0 aromatic heterocycles. The molecule has 2 unspecified atom stereocenters. The second-order valence-electron chi connectivity index (χ2n) is 6.35. The predicted molar refractivity (Wildman–Crippen MR) is 74.1 cm³/mol. The van der Waals surface area contributed by atoms with Crippen LogP contribution in [0, 0.1) is 11.8 Å². The van der Waals surface area contributed by atoms with Gasteiger partial charge in [0.15, 0.2) is 0 Å². The van der Waals surface area contributed by atoms with E-state index in [1.807, 2.05) is 11.9 Å². The van der Waals surface area contributed by atoms with E-state index in [2.05, 4.69) is 0 Å². The second-order valence-corrected chi connectivity index (χ2v) is 6.35. The first kappa shape index (κ1) is 13.9. The number of amides is 1. The minimum atomic E-state index is 0.197. The van der Waals surface area contributed by atoms with Crippen molar-refractivity contribution in [3.63, 3.8) is 0 Å². The molecule has 104 valence electrons. The fourth-order valence-corrected chi connectivity index (χ4v) is 3.61. The van der Waals surface area contributed by atoms with E-state index in [4.69, 9.17) is 5.73 Å². The van der Waals surface area contributed by atoms with Crippen molar-refractivity contribution >= 4 is 5.91 Å². The predicted octanol–water partition coefficient (Wildman–Crippen LogP) is 2.54. The molecular formula is C15H28N2O. The average Bonchev–Trinajstić information content (AvgIpc) is 2.39. The highest BCUT2D eigenvalue weighted by Crippen LogP contribution is 2.27. The highest BCUT2D eigenvalue weighted by molar-refractivity contribution is 5.78. The number of nitrogens with two attached hydrogens (primary N) is 1. The summed E-state index contributed by atoms with van der Waals surface area (Å²) in [6, 6.07) is 0.246. The monoisotopic (exact) mass is 252 g/mol. The molecule has 18 heavy (non-hydrogen) atoms. The van der Waals surface area contributed by atoms with Crippen LogP contribution in [0.5, 0.6) is 0 Å². The molecule has 0 heterocycles. The fourth-order valence-electron chi connectivity index (χ4n) is 3.61. The maximum atomic E-state index is 12.4. The molecular weight excluding hydrogens is 224 g/mol. The number of rotatable bonds is 3. The van der Waals surface area contributed by atoms with Gasteiger partial charge in [0.25, 0.3) is 0 Å². The molecule has 2 N–H and O–H groups in total. The zero-order chi connectivity index (χ0) is 13.0. The Bertz CT molecular complexity index is 274. The van der Waals surface area contributed by atoms with Crippen LogP contribution in [-0.4, -0.2) is 30.4 Å². The maximum Gasteiger partial charge on any atom is 0.225 e. The van der Waals surface area contributed by atoms with E-state index in [-0.39, 0.29) is 12.0 Å². The molecule has 2 rings (SSSR count). The van der Waals surface area contributed by atoms with Gasteiger partial charge in [0.2, 0.25) is 5.91 Å². The van der Waals surface area contributed by atoms with E-state index in [0.717, 1.165) is 38.1 Å². The van der Waals surface area contributed by atoms with Gasteiger partial charge >= 0.3 is 0 Å². The Labute approximate surface area is 111 Å². The van der Waals surface area contributed by atoms with Crippen LogP contribution in [-0.2, 0) is 4.79 Å². The molecule has 2 atom stereocenters. The summed E-state index contributed by atoms with van der Waals surface area (Å²) >= 11 is 0. The first-order chi connectivity index (χ1) is 8.66. The molecule has 0 spiro atoms. The summed E-state index contributed by atoms with van der Waals surface area (Å²) in [5, 5.41) is 0. The third-order valence-corrected chi connectivity index (χ3v) is 4.70. The molecule has 2 aliphatic carbocycles. The number of hydrogen-bond donors (Lipinski definition) is 1. The van der Waals surface area contributed by atoms with E-state index in [1.165, 1.54) is 32.1 Å². The number of nitrogens with zero attached hydrogens (tertiary/aromatic N) is 1. The summed E-state index contributed by atoms with van der Waals surface area (Å²) < 4.78 is 0. The van der Waals surface area contributed by atoms with Gasteiger partial charge in [-0.25, -0.2) is 0 Å². The SMILES string of the molecule is CN(CC1CCCCC1)C(=O)C1CCCC(N)C1. The van der Waals surface area contributed by atoms with Crippen LogP contribution >= 0.6 is 0 Å². The summed E-state index contributed by atoms with van der Waals surface area (Å²) in [7, 11) is 1.98. The van der Waals surface area contributed by atoms with Crippen LogP contribution in [0.4, 0.5) is 0 Å². The zero-order valence-corrected chi connectivity index (χ0v) is 11.7. The lowest BCUT2D eigenvalue weighted by Gasteiger charge is -2.32. The van der Waals surface area contributed by atoms with Crippen LogP contribution in [0.3, 0.4) is 0 Å². The Morgan fingerprint density at radius 1 is 1.11 bits per heavy atom. The van der Waals surface area contributed by atoms with E-state index < -0.39 is 0 Å². The molecule has 2 saturated carbocycles. The molecule has 0 radical (unpaired) electrons. The summed E-state index contributed by atoms with van der Waals surface area (Å²) in [5.41, 5.74) is 5.98. The van der Waals surface area contributed by atoms with Gasteiger partial charge in [0, 0.05) is 25.6 Å². The lowest BCUT2D eigenvalue weighted by molar-refractivity contribution is -0.136. The zero-order valence-electron chi connectivity index (χ0n) is 11.7. The minimum Gasteiger partial charge on any atom is -0.345 e. The van der Waals surface area contributed by atoms with Crippen LogP contribution in [0.1, 0.15) is 57.8 Å². The summed E-state index contributed by atoms with van der Waals surface area (Å²) in [6.07, 6.45) is 10.8. The standard InChI is InChI=1S/C15H28N2O/c1-17(11-12-6-3-2-4-7-12)15(18)13-8-5-9-14(16)10-13/h12-14H,2-11,16H2,1H3. The normalized spacial score (nSPS) is 30.1. The van der Waals surface area contributed by atoms with Crippen LogP contribution in [0.25, 0.3) is 0 Å². The Kier molecular flexibility index (Phi) is 5.04. The quantitative estimate of drug-likeness (QED) is 0.839. The van der Waals surface area contributed by atoms with Crippen molar-refractivity contribution in [3.05, 3.63) is 0 Å². The van der Waals surface area contributed by atoms with E-state index in [0.29, 0.717) is 5.91 Å². The van der Waals surface area contributed by atoms with Gasteiger partial charge in [0.1, 0.15) is 0 Å². The van der Waals surface area contributed by atoms with Crippen molar-refractivity contribution in [2.45, 2.75) is 63.8 Å². The van der Waals surface area contributed by atoms with Crippen molar-refractivity contribution in [2.75, 3.05) is 13.6 Å². The summed E-state index contributed by atoms with van der Waals surface area (Å²) in [5.74, 6) is 1.28. The van der Waals surface area contributed by atoms with E-state index in [1.54, 1.807) is 0 Å². The number of hydrogen-bond acceptors (Lipinski definition) is 2. The third kappa shape index (κ3) is 3.71. The molecule has 0 aromatic rings. The van der Waals surface area contributed by atoms with Gasteiger partial charge in [-0.15, -0.1) is 0 Å². The van der Waals surface area contributed by atoms with E-state index >= 15 is 0 Å². The third-order valence-electron chi connectivity index (χ3n) is 4.70. The first-order valence-electron chi connectivity index (χ1n) is 7.67. The molecule has 2 aliphatic rings. The first-order valence-corrected chi connectivity index (χ1v) is 7.67. The van der Waals surface area contributed by atoms with Crippen molar-refractivity contribution in [3.8, 4) is 0 Å². The van der Waals surface area contributed by atoms with Crippen LogP contribution in [0.15, 0.2) is 0 Å². The molecule has 3 nitrogen and oxygen atoms in total. The summed E-state index contributed by atoms with van der Waals surface area (Å²) in [4.78, 5) is 14.4. The van der Waals surface area contributed by atoms with Crippen LogP contribution in [0.2, 0.25) is 0 Å². The van der Waals surface area contributed by atoms with Gasteiger partial charge in [-0.3, -0.25) is 4.79 Å². The smallest absolute Gasteiger partial charge is 0.225 e. The van der Waals surface area contributed by atoms with Crippen molar-refractivity contribution < 1.29 is 4.79 Å². The van der Waals surface area contributed by atoms with Gasteiger partial charge in [-0.1, -0.05) is 25.7 Å². The molecule has 0 aromatic carbocycles. The fraction of sp³-hybridized carbons (Fsp3) is 0.933. The molecule has 0 aliphatic heterocycles. The lowest BCUT2D eigenvalue weighted by atomic mass is 9.84. The average molecular weight is 252 g/mol. The van der Waals surface area contributed by atoms with Gasteiger partial charge < -0.3 is 10.6 Å². The van der Waals surface area contributed by atoms with Crippen molar-refractivity contribution in [2.24, 2.45) is 17.6 Å². The van der Waals surface area contributed by atoms with Gasteiger partial charge in [-0.05, 0) is 38.0 Å². The highest BCUT2D eigenvalue weighted by Gasteiger charge is 2.28. The number of carbonyl (C=O) groups excluding carboxylic acids is 1. The topological polar surface area (TPSA) is 46.3 Å². The van der Waals surface area contributed by atoms with Crippen molar-refractivity contribution in [1.82, 2.24) is 4.90 Å². The maximum absolute atomic E-state index is 12.4.